The molecule has 0 saturated heterocycles. The summed E-state index contributed by atoms with van der Waals surface area (Å²) in [6.45, 7) is 6.32. The summed E-state index contributed by atoms with van der Waals surface area (Å²) in [5.74, 6) is 0.773. The van der Waals surface area contributed by atoms with Gasteiger partial charge in [0.05, 0.1) is 7.11 Å². The number of benzene rings is 2. The molecule has 0 heterocycles. The minimum Gasteiger partial charge on any atom is -0.497 e. The van der Waals surface area contributed by atoms with E-state index in [1.165, 1.54) is 4.90 Å². The van der Waals surface area contributed by atoms with Crippen LogP contribution in [-0.2, 0) is 16.1 Å². The highest BCUT2D eigenvalue weighted by Gasteiger charge is 2.26. The molecule has 1 unspecified atom stereocenters. The van der Waals surface area contributed by atoms with Crippen molar-refractivity contribution in [2.75, 3.05) is 20.3 Å². The first-order valence-electron chi connectivity index (χ1n) is 10.4. The Morgan fingerprint density at radius 3 is 2.61 bits per heavy atom. The minimum absolute atomic E-state index is 0.183. The van der Waals surface area contributed by atoms with Crippen LogP contribution in [0.25, 0.3) is 0 Å². The smallest absolute Gasteiger partial charge is 0.261 e. The summed E-state index contributed by atoms with van der Waals surface area (Å²) in [7, 11) is 1.59. The van der Waals surface area contributed by atoms with Crippen molar-refractivity contribution >= 4 is 23.4 Å². The van der Waals surface area contributed by atoms with Crippen LogP contribution in [0.4, 0.5) is 0 Å². The quantitative estimate of drug-likeness (QED) is 0.520. The van der Waals surface area contributed by atoms with E-state index in [0.29, 0.717) is 23.1 Å². The summed E-state index contributed by atoms with van der Waals surface area (Å²) < 4.78 is 11.0. The molecule has 2 rings (SSSR count). The molecule has 168 valence electrons. The molecule has 1 atom stereocenters. The van der Waals surface area contributed by atoms with Crippen molar-refractivity contribution in [1.29, 1.82) is 0 Å². The number of ether oxygens (including phenoxy) is 2. The molecule has 2 aromatic carbocycles. The van der Waals surface area contributed by atoms with E-state index in [1.54, 1.807) is 32.2 Å². The lowest BCUT2D eigenvalue weighted by Gasteiger charge is -2.29. The van der Waals surface area contributed by atoms with E-state index in [-0.39, 0.29) is 25.0 Å². The van der Waals surface area contributed by atoms with Gasteiger partial charge in [-0.2, -0.15) is 0 Å². The van der Waals surface area contributed by atoms with E-state index in [1.807, 2.05) is 31.2 Å². The molecular formula is C24H31ClN2O4. The fourth-order valence-electron chi connectivity index (χ4n) is 3.02. The number of nitrogens with one attached hydrogen (secondary N) is 1. The fourth-order valence-corrected chi connectivity index (χ4v) is 3.14. The third-order valence-corrected chi connectivity index (χ3v) is 5.40. The first kappa shape index (κ1) is 24.5. The van der Waals surface area contributed by atoms with E-state index in [0.717, 1.165) is 24.0 Å². The van der Waals surface area contributed by atoms with Crippen LogP contribution in [0, 0.1) is 6.92 Å². The van der Waals surface area contributed by atoms with Crippen LogP contribution in [0.5, 0.6) is 11.5 Å². The van der Waals surface area contributed by atoms with Gasteiger partial charge >= 0.3 is 0 Å². The lowest BCUT2D eigenvalue weighted by atomic mass is 10.1. The van der Waals surface area contributed by atoms with Crippen molar-refractivity contribution in [1.82, 2.24) is 10.2 Å². The summed E-state index contributed by atoms with van der Waals surface area (Å²) in [5, 5.41) is 3.54. The monoisotopic (exact) mass is 446 g/mol. The van der Waals surface area contributed by atoms with E-state index < -0.39 is 6.04 Å². The van der Waals surface area contributed by atoms with E-state index >= 15 is 0 Å². The summed E-state index contributed by atoms with van der Waals surface area (Å²) in [4.78, 5) is 27.2. The molecular weight excluding hydrogens is 416 g/mol. The maximum atomic E-state index is 13.1. The molecule has 0 aliphatic rings. The van der Waals surface area contributed by atoms with Crippen LogP contribution in [0.1, 0.15) is 37.8 Å². The van der Waals surface area contributed by atoms with Crippen LogP contribution in [-0.4, -0.2) is 43.0 Å². The lowest BCUT2D eigenvalue weighted by molar-refractivity contribution is -0.142. The summed E-state index contributed by atoms with van der Waals surface area (Å²) in [6.07, 6.45) is 1.87. The summed E-state index contributed by atoms with van der Waals surface area (Å²) in [5.41, 5.74) is 1.73. The van der Waals surface area contributed by atoms with Crippen molar-refractivity contribution in [3.63, 3.8) is 0 Å². The zero-order chi connectivity index (χ0) is 22.8. The molecule has 2 amide bonds. The average molecular weight is 447 g/mol. The van der Waals surface area contributed by atoms with Crippen LogP contribution in [0.3, 0.4) is 0 Å². The first-order chi connectivity index (χ1) is 14.8. The third-order valence-electron chi connectivity index (χ3n) is 4.98. The Bertz CT molecular complexity index is 888. The number of methoxy groups -OCH3 is 1. The van der Waals surface area contributed by atoms with Crippen molar-refractivity contribution in [3.8, 4) is 11.5 Å². The number of carbonyl (C=O) groups excluding carboxylic acids is 2. The molecule has 31 heavy (non-hydrogen) atoms. The van der Waals surface area contributed by atoms with Crippen LogP contribution >= 0.6 is 11.6 Å². The fraction of sp³-hybridized carbons (Fsp3) is 0.417. The SMILES string of the molecule is CCCCNC(=O)C(C)N(Cc1cccc(OC)c1)C(=O)COc1ccc(Cl)c(C)c1. The molecule has 0 saturated carbocycles. The highest BCUT2D eigenvalue weighted by atomic mass is 35.5. The number of aryl methyl sites for hydroxylation is 1. The van der Waals surface area contributed by atoms with Gasteiger partial charge in [-0.1, -0.05) is 37.1 Å². The van der Waals surface area contributed by atoms with Gasteiger partial charge in [-0.05, 0) is 61.7 Å². The Morgan fingerprint density at radius 1 is 1.16 bits per heavy atom. The highest BCUT2D eigenvalue weighted by molar-refractivity contribution is 6.31. The number of carbonyl (C=O) groups is 2. The molecule has 0 aliphatic carbocycles. The molecule has 2 aromatic rings. The van der Waals surface area contributed by atoms with Crippen LogP contribution in [0.15, 0.2) is 42.5 Å². The molecule has 6 nitrogen and oxygen atoms in total. The predicted octanol–water partition coefficient (Wildman–Crippen LogP) is 4.37. The normalized spacial score (nSPS) is 11.5. The Labute approximate surface area is 189 Å². The van der Waals surface area contributed by atoms with Gasteiger partial charge < -0.3 is 19.7 Å². The number of hydrogen-bond donors (Lipinski definition) is 1. The summed E-state index contributed by atoms with van der Waals surface area (Å²) in [6, 6.07) is 12.0. The molecule has 0 radical (unpaired) electrons. The van der Waals surface area contributed by atoms with Gasteiger partial charge in [-0.3, -0.25) is 9.59 Å². The second-order valence-corrected chi connectivity index (χ2v) is 7.80. The first-order valence-corrected chi connectivity index (χ1v) is 10.8. The van der Waals surface area contributed by atoms with Gasteiger partial charge in [0.1, 0.15) is 17.5 Å². The number of amides is 2. The molecule has 0 aromatic heterocycles. The van der Waals surface area contributed by atoms with E-state index in [9.17, 15) is 9.59 Å². The van der Waals surface area contributed by atoms with Gasteiger partial charge in [0.2, 0.25) is 5.91 Å². The van der Waals surface area contributed by atoms with Crippen LogP contribution in [0.2, 0.25) is 5.02 Å². The Morgan fingerprint density at radius 2 is 1.94 bits per heavy atom. The van der Waals surface area contributed by atoms with E-state index in [4.69, 9.17) is 21.1 Å². The lowest BCUT2D eigenvalue weighted by Crippen LogP contribution is -2.49. The maximum absolute atomic E-state index is 13.1. The van der Waals surface area contributed by atoms with Crippen molar-refractivity contribution in [2.24, 2.45) is 0 Å². The van der Waals surface area contributed by atoms with Gasteiger partial charge in [-0.25, -0.2) is 0 Å². The van der Waals surface area contributed by atoms with Crippen molar-refractivity contribution < 1.29 is 19.1 Å². The standard InChI is InChI=1S/C24H31ClN2O4/c1-5-6-12-26-24(29)18(3)27(15-19-8-7-9-20(14-19)30-4)23(28)16-31-21-10-11-22(25)17(2)13-21/h7-11,13-14,18H,5-6,12,15-16H2,1-4H3,(H,26,29). The van der Waals surface area contributed by atoms with Gasteiger partial charge in [-0.15, -0.1) is 0 Å². The average Bonchev–Trinajstić information content (AvgIpc) is 2.77. The molecule has 1 N–H and O–H groups in total. The predicted molar refractivity (Wildman–Crippen MR) is 123 cm³/mol. The van der Waals surface area contributed by atoms with E-state index in [2.05, 4.69) is 12.2 Å². The number of hydrogen-bond acceptors (Lipinski definition) is 4. The van der Waals surface area contributed by atoms with Crippen LogP contribution < -0.4 is 14.8 Å². The van der Waals surface area contributed by atoms with Gasteiger partial charge in [0, 0.05) is 18.1 Å². The second kappa shape index (κ2) is 12.2. The van der Waals surface area contributed by atoms with Crippen molar-refractivity contribution in [2.45, 2.75) is 46.2 Å². The zero-order valence-corrected chi connectivity index (χ0v) is 19.4. The minimum atomic E-state index is -0.647. The van der Waals surface area contributed by atoms with Gasteiger partial charge in [0.25, 0.3) is 5.91 Å². The molecule has 0 bridgehead atoms. The van der Waals surface area contributed by atoms with Crippen molar-refractivity contribution in [3.05, 3.63) is 58.6 Å². The number of rotatable bonds is 11. The Hall–Kier alpha value is -2.73. The number of halogens is 1. The largest absolute Gasteiger partial charge is 0.497 e. The number of unbranched alkanes of at least 4 members (excludes halogenated alkanes) is 1. The number of nitrogens with zero attached hydrogens (tertiary/aromatic N) is 1. The topological polar surface area (TPSA) is 67.9 Å². The zero-order valence-electron chi connectivity index (χ0n) is 18.6. The summed E-state index contributed by atoms with van der Waals surface area (Å²) >= 11 is 6.05. The molecule has 0 aliphatic heterocycles. The Kier molecular flexibility index (Phi) is 9.66. The Balaban J connectivity index is 2.14. The van der Waals surface area contributed by atoms with Gasteiger partial charge in [0.15, 0.2) is 6.61 Å². The molecule has 0 fully saturated rings. The third kappa shape index (κ3) is 7.47. The maximum Gasteiger partial charge on any atom is 0.261 e. The highest BCUT2D eigenvalue weighted by Crippen LogP contribution is 2.21. The second-order valence-electron chi connectivity index (χ2n) is 7.39. The molecule has 0 spiro atoms. The molecule has 7 heteroatoms.